The van der Waals surface area contributed by atoms with Crippen LogP contribution < -0.4 is 16.0 Å². The fourth-order valence-corrected chi connectivity index (χ4v) is 2.18. The predicted octanol–water partition coefficient (Wildman–Crippen LogP) is 0.628. The van der Waals surface area contributed by atoms with Gasteiger partial charge in [0, 0.05) is 7.05 Å². The van der Waals surface area contributed by atoms with Crippen molar-refractivity contribution in [3.05, 3.63) is 23.8 Å². The van der Waals surface area contributed by atoms with Crippen molar-refractivity contribution in [3.8, 4) is 0 Å². The van der Waals surface area contributed by atoms with Gasteiger partial charge in [-0.05, 0) is 24.1 Å². The fourth-order valence-electron chi connectivity index (χ4n) is 1.32. The van der Waals surface area contributed by atoms with Crippen LogP contribution in [0.3, 0.4) is 0 Å². The highest BCUT2D eigenvalue weighted by molar-refractivity contribution is 7.89. The molecule has 0 heterocycles. The minimum atomic E-state index is -3.68. The topological polar surface area (TPSA) is 89.4 Å². The van der Waals surface area contributed by atoms with Crippen molar-refractivity contribution in [3.63, 3.8) is 0 Å². The molecule has 5 nitrogen and oxygen atoms in total. The highest BCUT2D eigenvalue weighted by Gasteiger charge is 2.14. The van der Waals surface area contributed by atoms with E-state index in [4.69, 9.17) is 11.0 Å². The Morgan fingerprint density at radius 1 is 1.38 bits per heavy atom. The molecule has 0 radical (unpaired) electrons. The monoisotopic (exact) mass is 265 g/mol. The van der Waals surface area contributed by atoms with Gasteiger partial charge in [0.15, 0.2) is 0 Å². The summed E-state index contributed by atoms with van der Waals surface area (Å²) < 4.78 is 22.6. The molecular formula is C9H16ClN3O2S. The van der Waals surface area contributed by atoms with Gasteiger partial charge in [-0.3, -0.25) is 0 Å². The van der Waals surface area contributed by atoms with E-state index in [9.17, 15) is 8.42 Å². The molecule has 7 heteroatoms. The molecule has 4 N–H and O–H groups in total. The summed E-state index contributed by atoms with van der Waals surface area (Å²) in [6, 6.07) is 4.96. The molecule has 0 saturated heterocycles. The van der Waals surface area contributed by atoms with Gasteiger partial charge >= 0.3 is 0 Å². The van der Waals surface area contributed by atoms with Gasteiger partial charge < -0.3 is 5.01 Å². The van der Waals surface area contributed by atoms with Gasteiger partial charge in [0.2, 0.25) is 10.0 Å². The van der Waals surface area contributed by atoms with Crippen molar-refractivity contribution in [1.29, 1.82) is 0 Å². The first-order valence-corrected chi connectivity index (χ1v) is 6.05. The summed E-state index contributed by atoms with van der Waals surface area (Å²) in [5.41, 5.74) is 1.30. The number of nitrogens with zero attached hydrogens (tertiary/aromatic N) is 1. The van der Waals surface area contributed by atoms with Gasteiger partial charge in [0.25, 0.3) is 0 Å². The standard InChI is InChI=1S/C9H15N3O2S.ClH/c1-3-7-4-5-8(12(2)10)6-9(7)15(11,13)14;/h4-6H,3,10H2,1-2H3,(H2,11,13,14);1H. The van der Waals surface area contributed by atoms with E-state index in [2.05, 4.69) is 0 Å². The quantitative estimate of drug-likeness (QED) is 0.620. The summed E-state index contributed by atoms with van der Waals surface area (Å²) in [5.74, 6) is 5.52. The van der Waals surface area contributed by atoms with Gasteiger partial charge in [-0.25, -0.2) is 19.4 Å². The molecule has 1 aromatic carbocycles. The van der Waals surface area contributed by atoms with Crippen LogP contribution in [0.5, 0.6) is 0 Å². The lowest BCUT2D eigenvalue weighted by molar-refractivity contribution is 0.596. The minimum Gasteiger partial charge on any atom is -0.314 e. The normalized spacial score (nSPS) is 10.8. The van der Waals surface area contributed by atoms with Crippen LogP contribution in [0.2, 0.25) is 0 Å². The molecule has 92 valence electrons. The summed E-state index contributed by atoms with van der Waals surface area (Å²) in [7, 11) is -2.05. The van der Waals surface area contributed by atoms with E-state index < -0.39 is 10.0 Å². The van der Waals surface area contributed by atoms with E-state index in [-0.39, 0.29) is 17.3 Å². The Hall–Kier alpha value is -0.820. The first kappa shape index (κ1) is 15.2. The smallest absolute Gasteiger partial charge is 0.238 e. The van der Waals surface area contributed by atoms with Crippen LogP contribution in [-0.4, -0.2) is 15.5 Å². The number of aryl methyl sites for hydroxylation is 1. The first-order chi connectivity index (χ1) is 6.86. The van der Waals surface area contributed by atoms with Crippen LogP contribution in [0.1, 0.15) is 12.5 Å². The van der Waals surface area contributed by atoms with E-state index >= 15 is 0 Å². The Balaban J connectivity index is 0.00000225. The lowest BCUT2D eigenvalue weighted by Gasteiger charge is -2.14. The molecule has 0 atom stereocenters. The van der Waals surface area contributed by atoms with Crippen LogP contribution in [0.15, 0.2) is 23.1 Å². The second-order valence-corrected chi connectivity index (χ2v) is 4.83. The second-order valence-electron chi connectivity index (χ2n) is 3.30. The van der Waals surface area contributed by atoms with E-state index in [1.807, 2.05) is 6.92 Å². The van der Waals surface area contributed by atoms with Gasteiger partial charge in [0.05, 0.1) is 10.6 Å². The van der Waals surface area contributed by atoms with E-state index in [0.29, 0.717) is 17.7 Å². The van der Waals surface area contributed by atoms with Gasteiger partial charge in [-0.15, -0.1) is 12.4 Å². The molecule has 0 aliphatic carbocycles. The summed E-state index contributed by atoms with van der Waals surface area (Å²) in [6.07, 6.45) is 0.611. The molecule has 0 saturated carbocycles. The number of sulfonamides is 1. The SMILES string of the molecule is CCc1ccc(N(C)N)cc1S(N)(=O)=O.Cl. The van der Waals surface area contributed by atoms with Crippen molar-refractivity contribution >= 4 is 28.1 Å². The lowest BCUT2D eigenvalue weighted by atomic mass is 10.1. The summed E-state index contributed by atoms with van der Waals surface area (Å²) >= 11 is 0. The third-order valence-corrected chi connectivity index (χ3v) is 3.14. The van der Waals surface area contributed by atoms with Crippen LogP contribution in [0.4, 0.5) is 5.69 Å². The summed E-state index contributed by atoms with van der Waals surface area (Å²) in [5, 5.41) is 6.46. The number of hydrogen-bond acceptors (Lipinski definition) is 4. The maximum Gasteiger partial charge on any atom is 0.238 e. The van der Waals surface area contributed by atoms with E-state index in [1.165, 1.54) is 11.1 Å². The number of anilines is 1. The van der Waals surface area contributed by atoms with Gasteiger partial charge in [-0.1, -0.05) is 13.0 Å². The molecular weight excluding hydrogens is 250 g/mol. The van der Waals surface area contributed by atoms with Gasteiger partial charge in [-0.2, -0.15) is 0 Å². The maximum atomic E-state index is 11.3. The molecule has 0 aliphatic heterocycles. The molecule has 1 aromatic rings. The van der Waals surface area contributed by atoms with E-state index in [1.54, 1.807) is 19.2 Å². The zero-order valence-corrected chi connectivity index (χ0v) is 10.8. The van der Waals surface area contributed by atoms with Crippen molar-refractivity contribution in [2.45, 2.75) is 18.2 Å². The average molecular weight is 266 g/mol. The molecule has 16 heavy (non-hydrogen) atoms. The number of hydrazine groups is 1. The van der Waals surface area contributed by atoms with Crippen molar-refractivity contribution < 1.29 is 8.42 Å². The maximum absolute atomic E-state index is 11.3. The zero-order valence-electron chi connectivity index (χ0n) is 9.17. The molecule has 1 rings (SSSR count). The predicted molar refractivity (Wildman–Crippen MR) is 67.0 cm³/mol. The van der Waals surface area contributed by atoms with Crippen molar-refractivity contribution in [2.75, 3.05) is 12.1 Å². The summed E-state index contributed by atoms with van der Waals surface area (Å²) in [6.45, 7) is 1.87. The molecule has 0 fully saturated rings. The second kappa shape index (κ2) is 5.49. The third kappa shape index (κ3) is 3.34. The number of nitrogens with two attached hydrogens (primary N) is 2. The molecule has 0 aliphatic rings. The molecule has 0 amide bonds. The Labute approximate surface area is 102 Å². The fraction of sp³-hybridized carbons (Fsp3) is 0.333. The molecule has 0 unspecified atom stereocenters. The summed E-state index contributed by atoms with van der Waals surface area (Å²) in [4.78, 5) is 0.139. The van der Waals surface area contributed by atoms with Crippen LogP contribution in [0, 0.1) is 0 Å². The Bertz CT molecular complexity index is 460. The van der Waals surface area contributed by atoms with Crippen LogP contribution in [0.25, 0.3) is 0 Å². The highest BCUT2D eigenvalue weighted by atomic mass is 35.5. The number of primary sulfonamides is 1. The molecule has 0 spiro atoms. The Morgan fingerprint density at radius 3 is 2.31 bits per heavy atom. The molecule has 0 aromatic heterocycles. The Morgan fingerprint density at radius 2 is 1.94 bits per heavy atom. The number of benzene rings is 1. The largest absolute Gasteiger partial charge is 0.314 e. The Kier molecular flexibility index (Phi) is 5.21. The zero-order chi connectivity index (χ0) is 11.6. The third-order valence-electron chi connectivity index (χ3n) is 2.15. The van der Waals surface area contributed by atoms with E-state index in [0.717, 1.165) is 0 Å². The molecule has 0 bridgehead atoms. The van der Waals surface area contributed by atoms with Crippen LogP contribution in [-0.2, 0) is 16.4 Å². The van der Waals surface area contributed by atoms with Crippen LogP contribution >= 0.6 is 12.4 Å². The first-order valence-electron chi connectivity index (χ1n) is 4.50. The number of rotatable bonds is 3. The minimum absolute atomic E-state index is 0. The highest BCUT2D eigenvalue weighted by Crippen LogP contribution is 2.21. The lowest BCUT2D eigenvalue weighted by Crippen LogP contribution is -2.25. The van der Waals surface area contributed by atoms with Crippen molar-refractivity contribution in [2.24, 2.45) is 11.0 Å². The number of halogens is 1. The number of hydrogen-bond donors (Lipinski definition) is 2. The van der Waals surface area contributed by atoms with Crippen molar-refractivity contribution in [1.82, 2.24) is 0 Å². The van der Waals surface area contributed by atoms with Gasteiger partial charge in [0.1, 0.15) is 0 Å². The average Bonchev–Trinajstić information content (AvgIpc) is 2.15.